The summed E-state index contributed by atoms with van der Waals surface area (Å²) in [4.78, 5) is 26.2. The summed E-state index contributed by atoms with van der Waals surface area (Å²) in [7, 11) is 1.79. The molecule has 0 saturated heterocycles. The molecule has 0 bridgehead atoms. The predicted octanol–water partition coefficient (Wildman–Crippen LogP) is 1.09. The molecule has 3 N–H and O–H groups in total. The number of thiophene rings is 1. The first-order chi connectivity index (χ1) is 12.0. The molecular formula is C18H23FN3O2S+. The maximum absolute atomic E-state index is 13.1. The molecular weight excluding hydrogens is 341 g/mol. The monoisotopic (exact) mass is 364 g/mol. The summed E-state index contributed by atoms with van der Waals surface area (Å²) in [6.07, 6.45) is 0.801. The van der Waals surface area contributed by atoms with Crippen LogP contribution in [0.5, 0.6) is 0 Å². The lowest BCUT2D eigenvalue weighted by atomic mass is 10.2. The third-order valence-corrected chi connectivity index (χ3v) is 4.87. The number of carbonyl (C=O) groups is 2. The van der Waals surface area contributed by atoms with E-state index in [9.17, 15) is 14.0 Å². The van der Waals surface area contributed by atoms with Crippen molar-refractivity contribution in [2.75, 3.05) is 25.5 Å². The lowest BCUT2D eigenvalue weighted by Gasteiger charge is -2.20. The Morgan fingerprint density at radius 1 is 1.28 bits per heavy atom. The minimum absolute atomic E-state index is 0.0902. The largest absolute Gasteiger partial charge is 0.351 e. The Kier molecular flexibility index (Phi) is 7.09. The molecule has 0 radical (unpaired) electrons. The van der Waals surface area contributed by atoms with Crippen LogP contribution in [0.25, 0.3) is 0 Å². The van der Waals surface area contributed by atoms with Crippen LogP contribution in [0.2, 0.25) is 0 Å². The Labute approximate surface area is 150 Å². The molecule has 0 fully saturated rings. The molecule has 1 unspecified atom stereocenters. The van der Waals surface area contributed by atoms with Gasteiger partial charge in [-0.05, 0) is 43.0 Å². The number of hydrogen-bond acceptors (Lipinski definition) is 3. The van der Waals surface area contributed by atoms with Gasteiger partial charge >= 0.3 is 0 Å². The van der Waals surface area contributed by atoms with Crippen molar-refractivity contribution in [2.45, 2.75) is 19.4 Å². The number of amides is 2. The van der Waals surface area contributed by atoms with Crippen LogP contribution < -0.4 is 15.5 Å². The maximum atomic E-state index is 13.1. The van der Waals surface area contributed by atoms with Crippen molar-refractivity contribution < 1.29 is 18.9 Å². The molecule has 1 heterocycles. The average molecular weight is 364 g/mol. The lowest BCUT2D eigenvalue weighted by molar-refractivity contribution is -0.885. The Hall–Kier alpha value is -2.25. The van der Waals surface area contributed by atoms with Gasteiger partial charge < -0.3 is 15.5 Å². The first kappa shape index (κ1) is 19.1. The van der Waals surface area contributed by atoms with Crippen molar-refractivity contribution in [3.05, 3.63) is 52.5 Å². The van der Waals surface area contributed by atoms with Crippen molar-refractivity contribution in [1.29, 1.82) is 0 Å². The van der Waals surface area contributed by atoms with E-state index in [1.807, 2.05) is 17.5 Å². The highest BCUT2D eigenvalue weighted by molar-refractivity contribution is 7.09. The van der Waals surface area contributed by atoms with Gasteiger partial charge in [-0.2, -0.15) is 0 Å². The first-order valence-electron chi connectivity index (χ1n) is 8.13. The summed E-state index contributed by atoms with van der Waals surface area (Å²) < 4.78 is 13.1. The van der Waals surface area contributed by atoms with Crippen LogP contribution in [0.3, 0.4) is 0 Å². The van der Waals surface area contributed by atoms with Crippen molar-refractivity contribution in [2.24, 2.45) is 0 Å². The zero-order valence-corrected chi connectivity index (χ0v) is 15.2. The molecule has 5 nitrogen and oxygen atoms in total. The number of quaternary nitrogens is 1. The second-order valence-corrected chi connectivity index (χ2v) is 6.96. The SMILES string of the molecule is C[C@H](C(=O)NCCc1cccs1)[NH+](C)CC(=O)Nc1cccc(F)c1. The summed E-state index contributed by atoms with van der Waals surface area (Å²) in [5.41, 5.74) is 0.408. The van der Waals surface area contributed by atoms with E-state index >= 15 is 0 Å². The van der Waals surface area contributed by atoms with Gasteiger partial charge in [0.2, 0.25) is 0 Å². The van der Waals surface area contributed by atoms with E-state index in [0.29, 0.717) is 12.2 Å². The average Bonchev–Trinajstić information content (AvgIpc) is 3.07. The number of hydrogen-bond donors (Lipinski definition) is 3. The summed E-state index contributed by atoms with van der Waals surface area (Å²) in [5.74, 6) is -0.758. The molecule has 0 spiro atoms. The molecule has 2 rings (SSSR count). The van der Waals surface area contributed by atoms with E-state index < -0.39 is 5.82 Å². The molecule has 0 saturated carbocycles. The number of rotatable bonds is 8. The van der Waals surface area contributed by atoms with Crippen LogP contribution in [0.4, 0.5) is 10.1 Å². The van der Waals surface area contributed by atoms with E-state index in [1.165, 1.54) is 23.1 Å². The Bertz CT molecular complexity index is 706. The van der Waals surface area contributed by atoms with E-state index in [4.69, 9.17) is 0 Å². The topological polar surface area (TPSA) is 62.6 Å². The Balaban J connectivity index is 1.75. The molecule has 25 heavy (non-hydrogen) atoms. The minimum Gasteiger partial charge on any atom is -0.351 e. The quantitative estimate of drug-likeness (QED) is 0.657. The van der Waals surface area contributed by atoms with E-state index in [2.05, 4.69) is 10.6 Å². The molecule has 7 heteroatoms. The van der Waals surface area contributed by atoms with Crippen LogP contribution in [-0.2, 0) is 16.0 Å². The number of halogens is 1. The minimum atomic E-state index is -0.406. The fourth-order valence-electron chi connectivity index (χ4n) is 2.32. The van der Waals surface area contributed by atoms with Gasteiger partial charge in [-0.15, -0.1) is 11.3 Å². The van der Waals surface area contributed by atoms with Gasteiger partial charge in [0.1, 0.15) is 5.82 Å². The van der Waals surface area contributed by atoms with Crippen LogP contribution in [0, 0.1) is 5.82 Å². The zero-order valence-electron chi connectivity index (χ0n) is 14.3. The van der Waals surface area contributed by atoms with Crippen LogP contribution in [0.15, 0.2) is 41.8 Å². The van der Waals surface area contributed by atoms with E-state index in [1.54, 1.807) is 31.4 Å². The second kappa shape index (κ2) is 9.29. The molecule has 0 aliphatic rings. The molecule has 0 aliphatic heterocycles. The fraction of sp³-hybridized carbons (Fsp3) is 0.333. The molecule has 0 aliphatic carbocycles. The lowest BCUT2D eigenvalue weighted by Crippen LogP contribution is -3.15. The van der Waals surface area contributed by atoms with Crippen molar-refractivity contribution in [3.8, 4) is 0 Å². The van der Waals surface area contributed by atoms with Gasteiger partial charge in [0.15, 0.2) is 12.6 Å². The molecule has 2 amide bonds. The highest BCUT2D eigenvalue weighted by atomic mass is 32.1. The third-order valence-electron chi connectivity index (χ3n) is 3.93. The third kappa shape index (κ3) is 6.28. The van der Waals surface area contributed by atoms with Crippen LogP contribution in [-0.4, -0.2) is 38.0 Å². The van der Waals surface area contributed by atoms with Crippen LogP contribution in [0.1, 0.15) is 11.8 Å². The Morgan fingerprint density at radius 3 is 2.76 bits per heavy atom. The predicted molar refractivity (Wildman–Crippen MR) is 97.3 cm³/mol. The highest BCUT2D eigenvalue weighted by Gasteiger charge is 2.23. The van der Waals surface area contributed by atoms with Crippen molar-refractivity contribution in [1.82, 2.24) is 5.32 Å². The molecule has 2 atom stereocenters. The van der Waals surface area contributed by atoms with Gasteiger partial charge in [-0.3, -0.25) is 9.59 Å². The molecule has 1 aromatic carbocycles. The number of anilines is 1. The summed E-state index contributed by atoms with van der Waals surface area (Å²) >= 11 is 1.66. The van der Waals surface area contributed by atoms with E-state index in [0.717, 1.165) is 11.3 Å². The first-order valence-corrected chi connectivity index (χ1v) is 9.01. The number of carbonyl (C=O) groups excluding carboxylic acids is 2. The molecule has 134 valence electrons. The number of benzene rings is 1. The Morgan fingerprint density at radius 2 is 2.08 bits per heavy atom. The smallest absolute Gasteiger partial charge is 0.279 e. The number of nitrogens with one attached hydrogen (secondary N) is 3. The molecule has 1 aromatic heterocycles. The second-order valence-electron chi connectivity index (χ2n) is 5.92. The van der Waals surface area contributed by atoms with Crippen molar-refractivity contribution in [3.63, 3.8) is 0 Å². The molecule has 2 aromatic rings. The van der Waals surface area contributed by atoms with Gasteiger partial charge in [-0.25, -0.2) is 4.39 Å². The highest BCUT2D eigenvalue weighted by Crippen LogP contribution is 2.09. The zero-order chi connectivity index (χ0) is 18.2. The van der Waals surface area contributed by atoms with Gasteiger partial charge in [0.05, 0.1) is 7.05 Å². The van der Waals surface area contributed by atoms with E-state index in [-0.39, 0.29) is 24.4 Å². The van der Waals surface area contributed by atoms with Crippen molar-refractivity contribution >= 4 is 28.8 Å². The van der Waals surface area contributed by atoms with Gasteiger partial charge in [-0.1, -0.05) is 12.1 Å². The van der Waals surface area contributed by atoms with Crippen LogP contribution >= 0.6 is 11.3 Å². The fourth-order valence-corrected chi connectivity index (χ4v) is 3.03. The standard InChI is InChI=1S/C18H22FN3O2S/c1-13(18(24)20-9-8-16-7-4-10-25-16)22(2)12-17(23)21-15-6-3-5-14(19)11-15/h3-7,10-11,13H,8-9,12H2,1-2H3,(H,20,24)(H,21,23)/p+1/t13-/m1/s1. The maximum Gasteiger partial charge on any atom is 0.279 e. The summed E-state index contributed by atoms with van der Waals surface area (Å²) in [6, 6.07) is 9.39. The summed E-state index contributed by atoms with van der Waals surface area (Å²) in [5, 5.41) is 7.55. The van der Waals surface area contributed by atoms with Gasteiger partial charge in [0.25, 0.3) is 11.8 Å². The van der Waals surface area contributed by atoms with Gasteiger partial charge in [0, 0.05) is 17.1 Å². The summed E-state index contributed by atoms with van der Waals surface area (Å²) in [6.45, 7) is 2.48. The number of likely N-dealkylation sites (N-methyl/N-ethyl adjacent to an activating group) is 1. The normalized spacial score (nSPS) is 13.1.